The highest BCUT2D eigenvalue weighted by Crippen LogP contribution is 2.24. The summed E-state index contributed by atoms with van der Waals surface area (Å²) < 4.78 is 5.20. The van der Waals surface area contributed by atoms with Crippen molar-refractivity contribution in [2.45, 2.75) is 27.2 Å². The van der Waals surface area contributed by atoms with Crippen molar-refractivity contribution in [3.63, 3.8) is 0 Å². The number of nitrogens with zero attached hydrogens (tertiary/aromatic N) is 1. The minimum atomic E-state index is 0.0754. The molecule has 1 aromatic rings. The van der Waals surface area contributed by atoms with Gasteiger partial charge in [0.15, 0.2) is 0 Å². The molecule has 0 aliphatic heterocycles. The van der Waals surface area contributed by atoms with Crippen LogP contribution in [0.4, 0.5) is 5.69 Å². The molecule has 3 heteroatoms. The zero-order chi connectivity index (χ0) is 12.1. The summed E-state index contributed by atoms with van der Waals surface area (Å²) in [5.74, 6) is 0.926. The second-order valence-electron chi connectivity index (χ2n) is 3.82. The molecule has 1 aromatic carbocycles. The third kappa shape index (κ3) is 2.75. The third-order valence-electron chi connectivity index (χ3n) is 2.52. The van der Waals surface area contributed by atoms with Gasteiger partial charge in [-0.15, -0.1) is 0 Å². The molecule has 0 aliphatic carbocycles. The number of amides is 1. The molecule has 0 spiro atoms. The molecule has 0 bridgehead atoms. The summed E-state index contributed by atoms with van der Waals surface area (Å²) in [4.78, 5) is 13.3. The smallest absolute Gasteiger partial charge is 0.223 e. The van der Waals surface area contributed by atoms with E-state index in [9.17, 15) is 4.79 Å². The summed E-state index contributed by atoms with van der Waals surface area (Å²) in [6.45, 7) is 6.38. The molecule has 0 atom stereocenters. The van der Waals surface area contributed by atoms with E-state index in [1.54, 1.807) is 18.9 Å². The van der Waals surface area contributed by atoms with Crippen LogP contribution in [-0.4, -0.2) is 19.6 Å². The molecular formula is C13H19NO2. The van der Waals surface area contributed by atoms with Crippen LogP contribution in [0.1, 0.15) is 25.8 Å². The first-order chi connectivity index (χ1) is 7.60. The van der Waals surface area contributed by atoms with E-state index in [-0.39, 0.29) is 5.91 Å². The highest BCUT2D eigenvalue weighted by molar-refractivity contribution is 5.91. The normalized spacial score (nSPS) is 10.0. The minimum Gasteiger partial charge on any atom is -0.496 e. The Kier molecular flexibility index (Phi) is 4.35. The Labute approximate surface area is 97.0 Å². The average Bonchev–Trinajstić information content (AvgIpc) is 2.25. The van der Waals surface area contributed by atoms with Gasteiger partial charge in [-0.1, -0.05) is 6.92 Å². The molecule has 1 rings (SSSR count). The van der Waals surface area contributed by atoms with Crippen LogP contribution in [0.15, 0.2) is 18.2 Å². The van der Waals surface area contributed by atoms with Crippen LogP contribution >= 0.6 is 0 Å². The highest BCUT2D eigenvalue weighted by Gasteiger charge is 2.11. The number of benzene rings is 1. The van der Waals surface area contributed by atoms with Crippen molar-refractivity contribution in [3.05, 3.63) is 23.8 Å². The summed E-state index contributed by atoms with van der Waals surface area (Å²) in [6.07, 6.45) is 0.949. The number of ether oxygens (including phenoxy) is 1. The molecule has 0 unspecified atom stereocenters. The van der Waals surface area contributed by atoms with Crippen LogP contribution in [0, 0.1) is 6.92 Å². The fourth-order valence-electron chi connectivity index (χ4n) is 1.72. The quantitative estimate of drug-likeness (QED) is 0.782. The first kappa shape index (κ1) is 12.6. The number of hydrogen-bond donors (Lipinski definition) is 0. The molecule has 0 N–H and O–H groups in total. The number of hydrogen-bond acceptors (Lipinski definition) is 2. The Morgan fingerprint density at radius 1 is 1.44 bits per heavy atom. The number of aryl methyl sites for hydroxylation is 1. The van der Waals surface area contributed by atoms with Crippen LogP contribution < -0.4 is 9.64 Å². The summed E-state index contributed by atoms with van der Waals surface area (Å²) in [5.41, 5.74) is 1.98. The summed E-state index contributed by atoms with van der Waals surface area (Å²) in [7, 11) is 1.65. The van der Waals surface area contributed by atoms with Gasteiger partial charge in [0.05, 0.1) is 7.11 Å². The van der Waals surface area contributed by atoms with Gasteiger partial charge in [0.2, 0.25) is 5.91 Å². The molecule has 0 aromatic heterocycles. The van der Waals surface area contributed by atoms with Crippen molar-refractivity contribution in [1.82, 2.24) is 0 Å². The first-order valence-corrected chi connectivity index (χ1v) is 5.53. The fourth-order valence-corrected chi connectivity index (χ4v) is 1.72. The molecule has 88 valence electrons. The number of rotatable bonds is 4. The number of methoxy groups -OCH3 is 1. The van der Waals surface area contributed by atoms with E-state index in [2.05, 4.69) is 6.92 Å². The van der Waals surface area contributed by atoms with Gasteiger partial charge in [-0.3, -0.25) is 4.79 Å². The topological polar surface area (TPSA) is 29.5 Å². The van der Waals surface area contributed by atoms with E-state index < -0.39 is 0 Å². The molecule has 0 aliphatic rings. The monoisotopic (exact) mass is 221 g/mol. The Hall–Kier alpha value is -1.51. The van der Waals surface area contributed by atoms with Crippen molar-refractivity contribution < 1.29 is 9.53 Å². The number of carbonyl (C=O) groups is 1. The standard InChI is InChI=1S/C13H19NO2/c1-5-8-14(11(3)15)12-6-7-13(16-4)10(2)9-12/h6-7,9H,5,8H2,1-4H3. The molecule has 16 heavy (non-hydrogen) atoms. The second kappa shape index (κ2) is 5.54. The van der Waals surface area contributed by atoms with E-state index in [4.69, 9.17) is 4.74 Å². The Morgan fingerprint density at radius 2 is 2.12 bits per heavy atom. The highest BCUT2D eigenvalue weighted by atomic mass is 16.5. The molecule has 0 radical (unpaired) electrons. The van der Waals surface area contributed by atoms with E-state index >= 15 is 0 Å². The zero-order valence-electron chi connectivity index (χ0n) is 10.4. The maximum Gasteiger partial charge on any atom is 0.223 e. The molecule has 1 amide bonds. The van der Waals surface area contributed by atoms with Gasteiger partial charge in [0.1, 0.15) is 5.75 Å². The Balaban J connectivity index is 3.01. The first-order valence-electron chi connectivity index (χ1n) is 5.53. The summed E-state index contributed by atoms with van der Waals surface area (Å²) in [5, 5.41) is 0. The average molecular weight is 221 g/mol. The molecule has 3 nitrogen and oxygen atoms in total. The lowest BCUT2D eigenvalue weighted by Gasteiger charge is -2.21. The summed E-state index contributed by atoms with van der Waals surface area (Å²) in [6, 6.07) is 5.80. The van der Waals surface area contributed by atoms with Crippen LogP contribution in [0.25, 0.3) is 0 Å². The van der Waals surface area contributed by atoms with Crippen LogP contribution in [0.3, 0.4) is 0 Å². The maximum absolute atomic E-state index is 11.5. The van der Waals surface area contributed by atoms with Crippen molar-refractivity contribution in [3.8, 4) is 5.75 Å². The predicted molar refractivity (Wildman–Crippen MR) is 66.0 cm³/mol. The van der Waals surface area contributed by atoms with Gasteiger partial charge in [0.25, 0.3) is 0 Å². The minimum absolute atomic E-state index is 0.0754. The van der Waals surface area contributed by atoms with Crippen molar-refractivity contribution in [2.24, 2.45) is 0 Å². The summed E-state index contributed by atoms with van der Waals surface area (Å²) >= 11 is 0. The van der Waals surface area contributed by atoms with Gasteiger partial charge in [-0.25, -0.2) is 0 Å². The van der Waals surface area contributed by atoms with Gasteiger partial charge in [-0.2, -0.15) is 0 Å². The largest absolute Gasteiger partial charge is 0.496 e. The maximum atomic E-state index is 11.5. The zero-order valence-corrected chi connectivity index (χ0v) is 10.4. The molecule has 0 heterocycles. The van der Waals surface area contributed by atoms with Crippen LogP contribution in [0.5, 0.6) is 5.75 Å². The van der Waals surface area contributed by atoms with Gasteiger partial charge in [0, 0.05) is 19.2 Å². The van der Waals surface area contributed by atoms with Crippen molar-refractivity contribution >= 4 is 11.6 Å². The number of anilines is 1. The molecular weight excluding hydrogens is 202 g/mol. The predicted octanol–water partition coefficient (Wildman–Crippen LogP) is 2.77. The molecule has 0 saturated carbocycles. The van der Waals surface area contributed by atoms with Crippen molar-refractivity contribution in [2.75, 3.05) is 18.6 Å². The van der Waals surface area contributed by atoms with Crippen molar-refractivity contribution in [1.29, 1.82) is 0 Å². The van der Waals surface area contributed by atoms with E-state index in [0.29, 0.717) is 0 Å². The lowest BCUT2D eigenvalue weighted by molar-refractivity contribution is -0.116. The van der Waals surface area contributed by atoms with Gasteiger partial charge < -0.3 is 9.64 Å². The second-order valence-corrected chi connectivity index (χ2v) is 3.82. The Morgan fingerprint density at radius 3 is 2.56 bits per heavy atom. The van der Waals surface area contributed by atoms with Gasteiger partial charge >= 0.3 is 0 Å². The number of carbonyl (C=O) groups excluding carboxylic acids is 1. The van der Waals surface area contributed by atoms with E-state index in [0.717, 1.165) is 30.0 Å². The lowest BCUT2D eigenvalue weighted by Crippen LogP contribution is -2.29. The van der Waals surface area contributed by atoms with E-state index in [1.807, 2.05) is 25.1 Å². The SMILES string of the molecule is CCCN(C(C)=O)c1ccc(OC)c(C)c1. The van der Waals surface area contributed by atoms with Gasteiger partial charge in [-0.05, 0) is 37.1 Å². The van der Waals surface area contributed by atoms with E-state index in [1.165, 1.54) is 0 Å². The molecule has 0 fully saturated rings. The molecule has 0 saturated heterocycles. The lowest BCUT2D eigenvalue weighted by atomic mass is 10.2. The fraction of sp³-hybridized carbons (Fsp3) is 0.462. The third-order valence-corrected chi connectivity index (χ3v) is 2.52. The van der Waals surface area contributed by atoms with Crippen LogP contribution in [0.2, 0.25) is 0 Å². The Bertz CT molecular complexity index is 374. The van der Waals surface area contributed by atoms with Crippen LogP contribution in [-0.2, 0) is 4.79 Å².